The number of ether oxygens (including phenoxy) is 3. The second-order valence-electron chi connectivity index (χ2n) is 23.1. The van der Waals surface area contributed by atoms with Crippen LogP contribution in [0, 0.1) is 0 Å². The van der Waals surface area contributed by atoms with Gasteiger partial charge in [-0.2, -0.15) is 0 Å². The molecule has 1 atom stereocenters. The molecule has 0 aliphatic rings. The second kappa shape index (κ2) is 65.9. The molecule has 450 valence electrons. The second-order valence-corrected chi connectivity index (χ2v) is 23.1. The lowest BCUT2D eigenvalue weighted by atomic mass is 10.0. The van der Waals surface area contributed by atoms with E-state index in [4.69, 9.17) is 14.2 Å². The Labute approximate surface area is 479 Å². The molecule has 6 nitrogen and oxygen atoms in total. The minimum atomic E-state index is -0.779. The van der Waals surface area contributed by atoms with Crippen molar-refractivity contribution in [3.63, 3.8) is 0 Å². The van der Waals surface area contributed by atoms with Crippen LogP contribution >= 0.6 is 0 Å². The molecule has 0 saturated heterocycles. The first kappa shape index (κ1) is 74.4. The van der Waals surface area contributed by atoms with Crippen LogP contribution in [-0.4, -0.2) is 37.2 Å². The van der Waals surface area contributed by atoms with E-state index in [1.165, 1.54) is 231 Å². The van der Waals surface area contributed by atoms with Gasteiger partial charge in [-0.1, -0.05) is 339 Å². The minimum absolute atomic E-state index is 0.0738. The Morgan fingerprint density at radius 1 is 0.273 bits per heavy atom. The van der Waals surface area contributed by atoms with Gasteiger partial charge in [0.1, 0.15) is 13.2 Å². The fourth-order valence-electron chi connectivity index (χ4n) is 10.3. The van der Waals surface area contributed by atoms with Gasteiger partial charge in [-0.25, -0.2) is 0 Å². The molecular formula is C71H130O6. The molecule has 0 saturated carbocycles. The van der Waals surface area contributed by atoms with E-state index in [9.17, 15) is 14.4 Å². The van der Waals surface area contributed by atoms with Crippen molar-refractivity contribution in [2.45, 2.75) is 374 Å². The zero-order chi connectivity index (χ0) is 55.7. The average Bonchev–Trinajstić information content (AvgIpc) is 3.43. The zero-order valence-electron chi connectivity index (χ0n) is 51.7. The lowest BCUT2D eigenvalue weighted by Crippen LogP contribution is -2.30. The van der Waals surface area contributed by atoms with Crippen LogP contribution in [0.15, 0.2) is 48.6 Å². The molecule has 0 bridgehead atoms. The molecule has 0 aromatic carbocycles. The molecule has 0 heterocycles. The van der Waals surface area contributed by atoms with E-state index in [1.807, 2.05) is 0 Å². The van der Waals surface area contributed by atoms with Gasteiger partial charge in [0.2, 0.25) is 0 Å². The van der Waals surface area contributed by atoms with E-state index in [0.717, 1.165) is 96.3 Å². The van der Waals surface area contributed by atoms with E-state index in [1.54, 1.807) is 0 Å². The molecule has 6 heteroatoms. The lowest BCUT2D eigenvalue weighted by molar-refractivity contribution is -0.167. The van der Waals surface area contributed by atoms with Crippen molar-refractivity contribution < 1.29 is 28.6 Å². The highest BCUT2D eigenvalue weighted by molar-refractivity contribution is 5.71. The van der Waals surface area contributed by atoms with Crippen LogP contribution in [0.4, 0.5) is 0 Å². The number of unbranched alkanes of at least 4 members (excludes halogenated alkanes) is 44. The fraction of sp³-hybridized carbons (Fsp3) is 0.845. The molecule has 0 rings (SSSR count). The first-order valence-electron chi connectivity index (χ1n) is 34.1. The summed E-state index contributed by atoms with van der Waals surface area (Å²) in [6.45, 7) is 6.59. The van der Waals surface area contributed by atoms with Gasteiger partial charge in [0.15, 0.2) is 6.10 Å². The third kappa shape index (κ3) is 64.1. The number of allylic oxidation sites excluding steroid dienone is 8. The van der Waals surface area contributed by atoms with Gasteiger partial charge in [0.25, 0.3) is 0 Å². The molecule has 0 fully saturated rings. The molecule has 0 amide bonds. The molecule has 0 radical (unpaired) electrons. The first-order chi connectivity index (χ1) is 38.0. The molecule has 1 unspecified atom stereocenters. The van der Waals surface area contributed by atoms with E-state index in [2.05, 4.69) is 69.4 Å². The Morgan fingerprint density at radius 3 is 0.792 bits per heavy atom. The summed E-state index contributed by atoms with van der Waals surface area (Å²) in [5, 5.41) is 0. The van der Waals surface area contributed by atoms with Gasteiger partial charge >= 0.3 is 17.9 Å². The maximum Gasteiger partial charge on any atom is 0.306 e. The standard InChI is InChI=1S/C71H130O6/c1-4-7-10-13-16-19-22-25-28-31-33-34-35-36-37-39-40-43-46-49-52-55-58-61-64-70(73)76-67-68(66-75-69(72)63-60-57-54-51-48-45-42-30-27-24-21-18-15-12-9-6-3)77-71(74)65-62-59-56-53-50-47-44-41-38-32-29-26-23-20-17-14-11-8-5-2/h8,11,17,20,26,29,38,41,68H,4-7,9-10,12-16,18-19,21-25,27-28,30-37,39-40,42-67H2,1-3H3/b11-8-,20-17-,29-26-,41-38-. The SMILES string of the molecule is CC/C=C\C/C=C\C/C=C\C/C=C\CCCCCCCCC(=O)OC(COC(=O)CCCCCCCCCCCCCCCCCC)COC(=O)CCCCCCCCCCCCCCCCCCCCCCCCCC. The van der Waals surface area contributed by atoms with Crippen molar-refractivity contribution in [2.24, 2.45) is 0 Å². The number of carbonyl (C=O) groups is 3. The van der Waals surface area contributed by atoms with E-state index >= 15 is 0 Å². The monoisotopic (exact) mass is 1080 g/mol. The Morgan fingerprint density at radius 2 is 0.506 bits per heavy atom. The van der Waals surface area contributed by atoms with Crippen molar-refractivity contribution in [2.75, 3.05) is 13.2 Å². The normalized spacial score (nSPS) is 12.3. The molecule has 0 aliphatic carbocycles. The summed E-state index contributed by atoms with van der Waals surface area (Å²) in [6.07, 6.45) is 82.7. The van der Waals surface area contributed by atoms with Crippen LogP contribution in [0.1, 0.15) is 367 Å². The largest absolute Gasteiger partial charge is 0.462 e. The van der Waals surface area contributed by atoms with Crippen LogP contribution in [0.25, 0.3) is 0 Å². The Balaban J connectivity index is 4.30. The third-order valence-electron chi connectivity index (χ3n) is 15.3. The summed E-state index contributed by atoms with van der Waals surface area (Å²) < 4.78 is 17.0. The lowest BCUT2D eigenvalue weighted by Gasteiger charge is -2.18. The number of hydrogen-bond acceptors (Lipinski definition) is 6. The Bertz CT molecular complexity index is 1330. The highest BCUT2D eigenvalue weighted by Gasteiger charge is 2.19. The molecule has 0 aliphatic heterocycles. The summed E-state index contributed by atoms with van der Waals surface area (Å²) in [5.41, 5.74) is 0. The number of carbonyl (C=O) groups excluding carboxylic acids is 3. The van der Waals surface area contributed by atoms with Gasteiger partial charge in [-0.3, -0.25) is 14.4 Å². The Hall–Kier alpha value is -2.63. The van der Waals surface area contributed by atoms with Gasteiger partial charge in [-0.05, 0) is 57.8 Å². The van der Waals surface area contributed by atoms with Crippen LogP contribution in [0.5, 0.6) is 0 Å². The minimum Gasteiger partial charge on any atom is -0.462 e. The van der Waals surface area contributed by atoms with Crippen molar-refractivity contribution in [1.82, 2.24) is 0 Å². The third-order valence-corrected chi connectivity index (χ3v) is 15.3. The molecule has 0 aromatic rings. The highest BCUT2D eigenvalue weighted by atomic mass is 16.6. The summed E-state index contributed by atoms with van der Waals surface area (Å²) in [6, 6.07) is 0. The van der Waals surface area contributed by atoms with Crippen molar-refractivity contribution in [3.8, 4) is 0 Å². The number of rotatable bonds is 63. The molecule has 77 heavy (non-hydrogen) atoms. The zero-order valence-corrected chi connectivity index (χ0v) is 51.7. The number of hydrogen-bond donors (Lipinski definition) is 0. The number of esters is 3. The van der Waals surface area contributed by atoms with Crippen molar-refractivity contribution >= 4 is 17.9 Å². The van der Waals surface area contributed by atoms with Crippen LogP contribution < -0.4 is 0 Å². The summed E-state index contributed by atoms with van der Waals surface area (Å²) in [5.74, 6) is -0.861. The topological polar surface area (TPSA) is 78.9 Å². The van der Waals surface area contributed by atoms with Gasteiger partial charge < -0.3 is 14.2 Å². The average molecular weight is 1080 g/mol. The van der Waals surface area contributed by atoms with E-state index < -0.39 is 6.10 Å². The maximum atomic E-state index is 12.9. The quantitative estimate of drug-likeness (QED) is 0.0261. The summed E-state index contributed by atoms with van der Waals surface area (Å²) in [4.78, 5) is 38.4. The van der Waals surface area contributed by atoms with E-state index in [-0.39, 0.29) is 31.1 Å². The molecule has 0 N–H and O–H groups in total. The van der Waals surface area contributed by atoms with Gasteiger partial charge in [-0.15, -0.1) is 0 Å². The van der Waals surface area contributed by atoms with E-state index in [0.29, 0.717) is 19.3 Å². The van der Waals surface area contributed by atoms with Crippen LogP contribution in [0.2, 0.25) is 0 Å². The summed E-state index contributed by atoms with van der Waals surface area (Å²) >= 11 is 0. The predicted octanol–water partition coefficient (Wildman–Crippen LogP) is 23.3. The molecule has 0 spiro atoms. The smallest absolute Gasteiger partial charge is 0.306 e. The van der Waals surface area contributed by atoms with Crippen molar-refractivity contribution in [3.05, 3.63) is 48.6 Å². The molecular weight excluding hydrogens is 949 g/mol. The van der Waals surface area contributed by atoms with Crippen LogP contribution in [0.3, 0.4) is 0 Å². The maximum absolute atomic E-state index is 12.9. The Kier molecular flexibility index (Phi) is 63.6. The van der Waals surface area contributed by atoms with Gasteiger partial charge in [0.05, 0.1) is 0 Å². The van der Waals surface area contributed by atoms with Crippen molar-refractivity contribution in [1.29, 1.82) is 0 Å². The highest BCUT2D eigenvalue weighted by Crippen LogP contribution is 2.18. The van der Waals surface area contributed by atoms with Gasteiger partial charge in [0, 0.05) is 19.3 Å². The summed E-state index contributed by atoms with van der Waals surface area (Å²) in [7, 11) is 0. The molecule has 0 aromatic heterocycles. The predicted molar refractivity (Wildman–Crippen MR) is 335 cm³/mol. The van der Waals surface area contributed by atoms with Crippen LogP contribution in [-0.2, 0) is 28.6 Å². The fourth-order valence-corrected chi connectivity index (χ4v) is 10.3. The first-order valence-corrected chi connectivity index (χ1v) is 34.1.